The summed E-state index contributed by atoms with van der Waals surface area (Å²) in [5.74, 6) is 1.03. The first-order chi connectivity index (χ1) is 10.2. The quantitative estimate of drug-likeness (QED) is 0.561. The maximum absolute atomic E-state index is 13.6. The predicted octanol–water partition coefficient (Wildman–Crippen LogP) is 5.22. The lowest BCUT2D eigenvalue weighted by atomic mass is 9.83. The molecular formula is C18H27ClFN. The fourth-order valence-corrected chi connectivity index (χ4v) is 3.65. The standard InChI is InChI=1S/C18H27ClFN/c1-2-11-21-13-16-8-5-3-4-7-14(16)12-15-9-6-10-17(20)18(15)19/h6,9-10,14,16,21H,2-5,7-8,11-13H2,1H3. The van der Waals surface area contributed by atoms with Crippen molar-refractivity contribution in [2.75, 3.05) is 13.1 Å². The molecule has 0 bridgehead atoms. The minimum Gasteiger partial charge on any atom is -0.316 e. The third kappa shape index (κ3) is 4.96. The van der Waals surface area contributed by atoms with Crippen LogP contribution in [0.4, 0.5) is 4.39 Å². The highest BCUT2D eigenvalue weighted by molar-refractivity contribution is 6.31. The van der Waals surface area contributed by atoms with Crippen molar-refractivity contribution in [2.24, 2.45) is 11.8 Å². The lowest BCUT2D eigenvalue weighted by Gasteiger charge is -2.26. The van der Waals surface area contributed by atoms with E-state index in [1.165, 1.54) is 44.6 Å². The summed E-state index contributed by atoms with van der Waals surface area (Å²) in [5.41, 5.74) is 0.976. The van der Waals surface area contributed by atoms with Crippen LogP contribution in [0, 0.1) is 17.7 Å². The minimum absolute atomic E-state index is 0.288. The summed E-state index contributed by atoms with van der Waals surface area (Å²) in [7, 11) is 0. The van der Waals surface area contributed by atoms with Crippen LogP contribution in [0.1, 0.15) is 51.0 Å². The summed E-state index contributed by atoms with van der Waals surface area (Å²) >= 11 is 6.14. The molecule has 118 valence electrons. The Bertz CT molecular complexity index is 435. The van der Waals surface area contributed by atoms with E-state index in [1.54, 1.807) is 6.07 Å². The van der Waals surface area contributed by atoms with Crippen molar-refractivity contribution in [1.29, 1.82) is 0 Å². The molecular weight excluding hydrogens is 285 g/mol. The van der Waals surface area contributed by atoms with Crippen LogP contribution in [-0.4, -0.2) is 13.1 Å². The number of benzene rings is 1. The van der Waals surface area contributed by atoms with Crippen LogP contribution in [0.3, 0.4) is 0 Å². The number of hydrogen-bond acceptors (Lipinski definition) is 1. The van der Waals surface area contributed by atoms with Crippen molar-refractivity contribution < 1.29 is 4.39 Å². The van der Waals surface area contributed by atoms with Crippen LogP contribution in [0.25, 0.3) is 0 Å². The number of halogens is 2. The van der Waals surface area contributed by atoms with Crippen LogP contribution in [0.15, 0.2) is 18.2 Å². The van der Waals surface area contributed by atoms with Gasteiger partial charge in [-0.25, -0.2) is 4.39 Å². The molecule has 2 unspecified atom stereocenters. The fourth-order valence-electron chi connectivity index (χ4n) is 3.45. The van der Waals surface area contributed by atoms with E-state index in [1.807, 2.05) is 6.07 Å². The summed E-state index contributed by atoms with van der Waals surface area (Å²) in [6.07, 6.45) is 8.56. The van der Waals surface area contributed by atoms with Gasteiger partial charge >= 0.3 is 0 Å². The second kappa shape index (κ2) is 8.75. The van der Waals surface area contributed by atoms with Gasteiger partial charge in [0.05, 0.1) is 5.02 Å². The van der Waals surface area contributed by atoms with Gasteiger partial charge in [0, 0.05) is 0 Å². The zero-order chi connectivity index (χ0) is 15.1. The zero-order valence-electron chi connectivity index (χ0n) is 13.0. The second-order valence-corrected chi connectivity index (χ2v) is 6.66. The molecule has 0 radical (unpaired) electrons. The molecule has 0 amide bonds. The van der Waals surface area contributed by atoms with Crippen molar-refractivity contribution >= 4 is 11.6 Å². The predicted molar refractivity (Wildman–Crippen MR) is 88.3 cm³/mol. The van der Waals surface area contributed by atoms with Crippen molar-refractivity contribution in [3.8, 4) is 0 Å². The summed E-state index contributed by atoms with van der Waals surface area (Å²) in [4.78, 5) is 0. The highest BCUT2D eigenvalue weighted by atomic mass is 35.5. The molecule has 0 saturated heterocycles. The Kier molecular flexibility index (Phi) is 6.98. The van der Waals surface area contributed by atoms with Gasteiger partial charge in [-0.3, -0.25) is 0 Å². The Morgan fingerprint density at radius 2 is 1.95 bits per heavy atom. The maximum atomic E-state index is 13.6. The molecule has 0 aliphatic heterocycles. The Morgan fingerprint density at radius 3 is 2.71 bits per heavy atom. The molecule has 21 heavy (non-hydrogen) atoms. The lowest BCUT2D eigenvalue weighted by molar-refractivity contribution is 0.298. The fraction of sp³-hybridized carbons (Fsp3) is 0.667. The molecule has 2 atom stereocenters. The molecule has 1 aromatic rings. The molecule has 1 N–H and O–H groups in total. The molecule has 1 aromatic carbocycles. The van der Waals surface area contributed by atoms with E-state index in [9.17, 15) is 4.39 Å². The largest absolute Gasteiger partial charge is 0.316 e. The number of rotatable bonds is 6. The van der Waals surface area contributed by atoms with Gasteiger partial charge in [0.1, 0.15) is 5.82 Å². The molecule has 1 nitrogen and oxygen atoms in total. The van der Waals surface area contributed by atoms with Crippen LogP contribution in [0.5, 0.6) is 0 Å². The first-order valence-electron chi connectivity index (χ1n) is 8.36. The molecule has 0 aromatic heterocycles. The van der Waals surface area contributed by atoms with Gasteiger partial charge in [0.2, 0.25) is 0 Å². The molecule has 0 spiro atoms. The average Bonchev–Trinajstić information content (AvgIpc) is 2.70. The first-order valence-corrected chi connectivity index (χ1v) is 8.73. The van der Waals surface area contributed by atoms with E-state index in [0.717, 1.165) is 25.1 Å². The molecule has 1 saturated carbocycles. The van der Waals surface area contributed by atoms with Crippen LogP contribution in [0.2, 0.25) is 5.02 Å². The summed E-state index contributed by atoms with van der Waals surface area (Å²) in [6, 6.07) is 5.20. The Labute approximate surface area is 133 Å². The number of hydrogen-bond donors (Lipinski definition) is 1. The van der Waals surface area contributed by atoms with E-state index in [-0.39, 0.29) is 5.82 Å². The highest BCUT2D eigenvalue weighted by Crippen LogP contribution is 2.33. The topological polar surface area (TPSA) is 12.0 Å². The molecule has 0 heterocycles. The molecule has 1 fully saturated rings. The Hall–Kier alpha value is -0.600. The minimum atomic E-state index is -0.288. The van der Waals surface area contributed by atoms with Crippen LogP contribution in [-0.2, 0) is 6.42 Å². The zero-order valence-corrected chi connectivity index (χ0v) is 13.8. The van der Waals surface area contributed by atoms with Crippen molar-refractivity contribution in [1.82, 2.24) is 5.32 Å². The maximum Gasteiger partial charge on any atom is 0.142 e. The van der Waals surface area contributed by atoms with E-state index in [0.29, 0.717) is 16.9 Å². The molecule has 1 aliphatic rings. The van der Waals surface area contributed by atoms with Crippen molar-refractivity contribution in [3.63, 3.8) is 0 Å². The normalized spacial score (nSPS) is 23.0. The lowest BCUT2D eigenvalue weighted by Crippen LogP contribution is -2.29. The molecule has 2 rings (SSSR count). The highest BCUT2D eigenvalue weighted by Gasteiger charge is 2.24. The van der Waals surface area contributed by atoms with Crippen molar-refractivity contribution in [3.05, 3.63) is 34.6 Å². The van der Waals surface area contributed by atoms with Gasteiger partial charge in [-0.2, -0.15) is 0 Å². The van der Waals surface area contributed by atoms with Crippen molar-refractivity contribution in [2.45, 2.75) is 51.9 Å². The van der Waals surface area contributed by atoms with E-state index >= 15 is 0 Å². The smallest absolute Gasteiger partial charge is 0.142 e. The van der Waals surface area contributed by atoms with Gasteiger partial charge in [-0.15, -0.1) is 0 Å². The summed E-state index contributed by atoms with van der Waals surface area (Å²) < 4.78 is 13.6. The first kappa shape index (κ1) is 16.8. The van der Waals surface area contributed by atoms with Gasteiger partial charge < -0.3 is 5.32 Å². The third-order valence-electron chi connectivity index (χ3n) is 4.66. The van der Waals surface area contributed by atoms with Gasteiger partial charge in [-0.05, 0) is 62.2 Å². The van der Waals surface area contributed by atoms with E-state index < -0.39 is 0 Å². The Balaban J connectivity index is 2.03. The van der Waals surface area contributed by atoms with E-state index in [4.69, 9.17) is 11.6 Å². The summed E-state index contributed by atoms with van der Waals surface area (Å²) in [6.45, 7) is 4.37. The van der Waals surface area contributed by atoms with Crippen LogP contribution >= 0.6 is 11.6 Å². The van der Waals surface area contributed by atoms with Crippen LogP contribution < -0.4 is 5.32 Å². The monoisotopic (exact) mass is 311 g/mol. The molecule has 3 heteroatoms. The third-order valence-corrected chi connectivity index (χ3v) is 5.09. The number of nitrogens with one attached hydrogen (secondary N) is 1. The van der Waals surface area contributed by atoms with Gasteiger partial charge in [0.25, 0.3) is 0 Å². The second-order valence-electron chi connectivity index (χ2n) is 6.28. The Morgan fingerprint density at radius 1 is 1.19 bits per heavy atom. The van der Waals surface area contributed by atoms with Gasteiger partial charge in [-0.1, -0.05) is 49.9 Å². The summed E-state index contributed by atoms with van der Waals surface area (Å²) in [5, 5.41) is 3.89. The molecule has 1 aliphatic carbocycles. The van der Waals surface area contributed by atoms with E-state index in [2.05, 4.69) is 12.2 Å². The SMILES string of the molecule is CCCNCC1CCCCCC1Cc1cccc(F)c1Cl. The van der Waals surface area contributed by atoms with Gasteiger partial charge in [0.15, 0.2) is 0 Å². The average molecular weight is 312 g/mol.